The Labute approximate surface area is 218 Å². The topological polar surface area (TPSA) is 110 Å². The molecule has 0 bridgehead atoms. The number of amides is 3. The normalized spacial score (nSPS) is 17.6. The number of benzene rings is 2. The van der Waals surface area contributed by atoms with E-state index < -0.39 is 21.3 Å². The highest BCUT2D eigenvalue weighted by atomic mass is 35.5. The molecule has 2 aliphatic heterocycles. The fraction of sp³-hybridized carbons (Fsp3) is 0.292. The number of hydrogen-bond donors (Lipinski definition) is 0. The van der Waals surface area contributed by atoms with Crippen molar-refractivity contribution in [2.45, 2.75) is 24.2 Å². The van der Waals surface area contributed by atoms with Crippen molar-refractivity contribution in [1.29, 1.82) is 0 Å². The van der Waals surface area contributed by atoms with E-state index in [1.165, 1.54) is 49.6 Å². The summed E-state index contributed by atoms with van der Waals surface area (Å²) in [5, 5.41) is -0.211. The number of carbonyl (C=O) groups is 3. The highest BCUT2D eigenvalue weighted by molar-refractivity contribution is 8.18. The first-order valence-electron chi connectivity index (χ1n) is 11.1. The van der Waals surface area contributed by atoms with Crippen molar-refractivity contribution >= 4 is 56.6 Å². The smallest absolute Gasteiger partial charge is 0.339 e. The van der Waals surface area contributed by atoms with Gasteiger partial charge in [0.2, 0.25) is 5.91 Å². The molecule has 4 rings (SSSR count). The fourth-order valence-corrected chi connectivity index (χ4v) is 5.73. The van der Waals surface area contributed by atoms with Gasteiger partial charge in [0.05, 0.1) is 12.0 Å². The molecule has 2 aromatic carbocycles. The number of methoxy groups -OCH3 is 1. The summed E-state index contributed by atoms with van der Waals surface area (Å²) in [6, 6.07) is 10.1. The lowest BCUT2D eigenvalue weighted by Crippen LogP contribution is -2.44. The average molecular weight is 551 g/mol. The Morgan fingerprint density at radius 3 is 2.44 bits per heavy atom. The highest BCUT2D eigenvalue weighted by Gasteiger charge is 2.37. The number of halogens is 1. The van der Waals surface area contributed by atoms with Gasteiger partial charge in [-0.15, -0.1) is 0 Å². The van der Waals surface area contributed by atoms with Gasteiger partial charge in [0, 0.05) is 23.7 Å². The summed E-state index contributed by atoms with van der Waals surface area (Å²) in [7, 11) is -2.92. The van der Waals surface area contributed by atoms with Gasteiger partial charge in [-0.3, -0.25) is 19.3 Å². The number of hydrogen-bond acceptors (Lipinski definition) is 8. The van der Waals surface area contributed by atoms with E-state index in [4.69, 9.17) is 20.5 Å². The molecule has 0 aliphatic carbocycles. The monoisotopic (exact) mass is 550 g/mol. The van der Waals surface area contributed by atoms with Crippen molar-refractivity contribution in [2.24, 2.45) is 0 Å². The van der Waals surface area contributed by atoms with Gasteiger partial charge in [-0.2, -0.15) is 8.42 Å². The first-order valence-corrected chi connectivity index (χ1v) is 13.7. The quantitative estimate of drug-likeness (QED) is 0.373. The van der Waals surface area contributed by atoms with Gasteiger partial charge in [0.25, 0.3) is 11.1 Å². The lowest BCUT2D eigenvalue weighted by molar-refractivity contribution is -0.136. The zero-order valence-electron chi connectivity index (χ0n) is 19.3. The van der Waals surface area contributed by atoms with Gasteiger partial charge in [0.1, 0.15) is 11.4 Å². The third-order valence-electron chi connectivity index (χ3n) is 5.69. The number of carbonyl (C=O) groups excluding carboxylic acids is 3. The van der Waals surface area contributed by atoms with Crippen LogP contribution < -0.4 is 8.92 Å². The third kappa shape index (κ3) is 5.69. The number of imide groups is 1. The Hall–Kier alpha value is -3.02. The van der Waals surface area contributed by atoms with Crippen LogP contribution in [0.3, 0.4) is 0 Å². The van der Waals surface area contributed by atoms with Gasteiger partial charge in [-0.05, 0) is 67.4 Å². The van der Waals surface area contributed by atoms with Crippen LogP contribution in [0.1, 0.15) is 24.8 Å². The van der Waals surface area contributed by atoms with Gasteiger partial charge in [-0.1, -0.05) is 23.7 Å². The number of rotatable bonds is 7. The maximum atomic E-state index is 13.0. The lowest BCUT2D eigenvalue weighted by atomic mass is 10.1. The fourth-order valence-electron chi connectivity index (χ4n) is 3.81. The van der Waals surface area contributed by atoms with E-state index in [0.29, 0.717) is 29.9 Å². The molecule has 3 amide bonds. The van der Waals surface area contributed by atoms with Crippen LogP contribution in [0.5, 0.6) is 11.5 Å². The summed E-state index contributed by atoms with van der Waals surface area (Å²) in [4.78, 5) is 40.6. The second-order valence-corrected chi connectivity index (χ2v) is 11.1. The van der Waals surface area contributed by atoms with E-state index in [1.807, 2.05) is 0 Å². The van der Waals surface area contributed by atoms with Crippen LogP contribution in [0.25, 0.3) is 6.08 Å². The van der Waals surface area contributed by atoms with Crippen LogP contribution in [0.4, 0.5) is 4.79 Å². The number of ether oxygens (including phenoxy) is 1. The number of thioether (sulfide) groups is 1. The molecule has 0 radical (unpaired) electrons. The summed E-state index contributed by atoms with van der Waals surface area (Å²) in [5.74, 6) is -0.950. The second kappa shape index (κ2) is 10.9. The van der Waals surface area contributed by atoms with Crippen LogP contribution >= 0.6 is 23.4 Å². The highest BCUT2D eigenvalue weighted by Crippen LogP contribution is 2.38. The van der Waals surface area contributed by atoms with E-state index in [9.17, 15) is 22.8 Å². The molecular weight excluding hydrogens is 528 g/mol. The van der Waals surface area contributed by atoms with Crippen LogP contribution in [0, 0.1) is 0 Å². The molecule has 0 saturated carbocycles. The summed E-state index contributed by atoms with van der Waals surface area (Å²) in [6.45, 7) is 0.878. The van der Waals surface area contributed by atoms with E-state index in [2.05, 4.69) is 0 Å². The van der Waals surface area contributed by atoms with Gasteiger partial charge in [0.15, 0.2) is 11.5 Å². The Kier molecular flexibility index (Phi) is 7.91. The number of likely N-dealkylation sites (tertiary alicyclic amines) is 1. The first-order chi connectivity index (χ1) is 17.2. The van der Waals surface area contributed by atoms with Crippen molar-refractivity contribution < 1.29 is 31.7 Å². The molecule has 2 aliphatic rings. The maximum Gasteiger partial charge on any atom is 0.339 e. The van der Waals surface area contributed by atoms with Crippen molar-refractivity contribution in [2.75, 3.05) is 26.7 Å². The molecule has 2 aromatic rings. The lowest BCUT2D eigenvalue weighted by Gasteiger charge is -2.27. The number of para-hydroxylation sites is 1. The molecule has 9 nitrogen and oxygen atoms in total. The SMILES string of the molecule is COc1cccc(/C=C2\SC(=O)N(CC(=O)N3CCCCC3)C2=O)c1OS(=O)(=O)c1ccc(Cl)cc1. The zero-order valence-corrected chi connectivity index (χ0v) is 21.7. The van der Waals surface area contributed by atoms with Gasteiger partial charge >= 0.3 is 10.1 Å². The Balaban J connectivity index is 1.60. The number of piperidine rings is 1. The Morgan fingerprint density at radius 1 is 1.08 bits per heavy atom. The summed E-state index contributed by atoms with van der Waals surface area (Å²) in [6.07, 6.45) is 4.19. The second-order valence-electron chi connectivity index (χ2n) is 8.08. The van der Waals surface area contributed by atoms with Crippen LogP contribution in [0.2, 0.25) is 5.02 Å². The van der Waals surface area contributed by atoms with Crippen molar-refractivity contribution in [1.82, 2.24) is 9.80 Å². The summed E-state index contributed by atoms with van der Waals surface area (Å²) < 4.78 is 36.5. The summed E-state index contributed by atoms with van der Waals surface area (Å²) >= 11 is 6.52. The van der Waals surface area contributed by atoms with E-state index >= 15 is 0 Å². The Morgan fingerprint density at radius 2 is 1.78 bits per heavy atom. The molecule has 36 heavy (non-hydrogen) atoms. The minimum atomic E-state index is -4.27. The Bertz CT molecular complexity index is 1320. The van der Waals surface area contributed by atoms with E-state index in [0.717, 1.165) is 24.2 Å². The van der Waals surface area contributed by atoms with Crippen LogP contribution in [-0.4, -0.2) is 62.0 Å². The summed E-state index contributed by atoms with van der Waals surface area (Å²) in [5.41, 5.74) is 0.208. The van der Waals surface area contributed by atoms with Crippen molar-refractivity contribution in [3.8, 4) is 11.5 Å². The third-order valence-corrected chi connectivity index (χ3v) is 8.08. The van der Waals surface area contributed by atoms with Gasteiger partial charge < -0.3 is 13.8 Å². The number of nitrogens with zero attached hydrogens (tertiary/aromatic N) is 2. The minimum absolute atomic E-state index is 0.0356. The van der Waals surface area contributed by atoms with Crippen molar-refractivity contribution in [3.05, 3.63) is 58.0 Å². The molecule has 2 heterocycles. The maximum absolute atomic E-state index is 13.0. The molecule has 12 heteroatoms. The standard InChI is InChI=1S/C24H23ClN2O7S2/c1-33-19-7-5-6-16(22(19)34-36(31,32)18-10-8-17(25)9-11-18)14-20-23(29)27(24(30)35-20)15-21(28)26-12-3-2-4-13-26/h5-11,14H,2-4,12-13,15H2,1H3/b20-14-. The molecule has 0 N–H and O–H groups in total. The largest absolute Gasteiger partial charge is 0.493 e. The molecule has 190 valence electrons. The molecule has 0 spiro atoms. The molecule has 2 fully saturated rings. The predicted octanol–water partition coefficient (Wildman–Crippen LogP) is 4.17. The molecule has 0 aromatic heterocycles. The predicted molar refractivity (Wildman–Crippen MR) is 135 cm³/mol. The first kappa shape index (κ1) is 26.1. The zero-order chi connectivity index (χ0) is 25.9. The van der Waals surface area contributed by atoms with Crippen LogP contribution in [0.15, 0.2) is 52.3 Å². The van der Waals surface area contributed by atoms with Crippen molar-refractivity contribution in [3.63, 3.8) is 0 Å². The minimum Gasteiger partial charge on any atom is -0.493 e. The van der Waals surface area contributed by atoms with Crippen LogP contribution in [-0.2, 0) is 19.7 Å². The molecule has 0 unspecified atom stereocenters. The van der Waals surface area contributed by atoms with E-state index in [1.54, 1.807) is 11.0 Å². The molecule has 0 atom stereocenters. The average Bonchev–Trinajstić information content (AvgIpc) is 3.13. The molecule has 2 saturated heterocycles. The van der Waals surface area contributed by atoms with Gasteiger partial charge in [-0.25, -0.2) is 0 Å². The molecular formula is C24H23ClN2O7S2. The van der Waals surface area contributed by atoms with E-state index in [-0.39, 0.29) is 39.3 Å².